The largest absolute Gasteiger partial charge is 0.488 e. The van der Waals surface area contributed by atoms with Crippen LogP contribution in [0.3, 0.4) is 0 Å². The van der Waals surface area contributed by atoms with Crippen LogP contribution < -0.4 is 10.1 Å². The van der Waals surface area contributed by atoms with Gasteiger partial charge in [0.05, 0.1) is 39.9 Å². The van der Waals surface area contributed by atoms with Gasteiger partial charge >= 0.3 is 0 Å². The molecule has 1 aliphatic rings. The van der Waals surface area contributed by atoms with Crippen LogP contribution in [-0.4, -0.2) is 58.6 Å². The molecular weight excluding hydrogens is 687 g/mol. The highest BCUT2D eigenvalue weighted by Gasteiger charge is 2.44. The number of hydrogen-bond donors (Lipinski definition) is 1. The fourth-order valence-electron chi connectivity index (χ4n) is 5.45. The smallest absolute Gasteiger partial charge is 0.196 e. The van der Waals surface area contributed by atoms with E-state index in [1.807, 2.05) is 49.2 Å². The van der Waals surface area contributed by atoms with Crippen molar-refractivity contribution in [2.75, 3.05) is 24.7 Å². The van der Waals surface area contributed by atoms with Crippen molar-refractivity contribution < 1.29 is 22.3 Å². The highest BCUT2D eigenvalue weighted by molar-refractivity contribution is 9.10. The molecule has 0 aliphatic carbocycles. The van der Waals surface area contributed by atoms with Crippen LogP contribution in [-0.2, 0) is 26.8 Å². The first kappa shape index (κ1) is 32.5. The summed E-state index contributed by atoms with van der Waals surface area (Å²) < 4.78 is 52.3. The molecule has 10 nitrogen and oxygen atoms in total. The van der Waals surface area contributed by atoms with Crippen LogP contribution in [0.25, 0.3) is 10.9 Å². The van der Waals surface area contributed by atoms with Crippen molar-refractivity contribution in [1.82, 2.24) is 24.8 Å². The Morgan fingerprint density at radius 3 is 2.70 bits per heavy atom. The van der Waals surface area contributed by atoms with Crippen molar-refractivity contribution >= 4 is 48.2 Å². The lowest BCUT2D eigenvalue weighted by atomic mass is 9.87. The number of nitrogens with zero attached hydrogens (tertiary/aromatic N) is 5. The van der Waals surface area contributed by atoms with Crippen LogP contribution in [0.15, 0.2) is 107 Å². The second kappa shape index (κ2) is 13.7. The normalized spacial score (nSPS) is 16.7. The van der Waals surface area contributed by atoms with E-state index in [4.69, 9.17) is 14.5 Å². The number of pyridine rings is 2. The van der Waals surface area contributed by atoms with Crippen molar-refractivity contribution in [2.24, 2.45) is 0 Å². The van der Waals surface area contributed by atoms with E-state index in [-0.39, 0.29) is 35.8 Å². The van der Waals surface area contributed by atoms with Crippen molar-refractivity contribution in [2.45, 2.75) is 36.6 Å². The average Bonchev–Trinajstić information content (AvgIpc) is 3.58. The molecule has 0 bridgehead atoms. The van der Waals surface area contributed by atoms with E-state index in [1.165, 1.54) is 30.7 Å². The van der Waals surface area contributed by atoms with Gasteiger partial charge in [-0.1, -0.05) is 18.2 Å². The Balaban J connectivity index is 1.21. The van der Waals surface area contributed by atoms with Crippen LogP contribution in [0, 0.1) is 5.82 Å². The average molecular weight is 720 g/mol. The number of sulfone groups is 1. The number of rotatable bonds is 12. The second-order valence-electron chi connectivity index (χ2n) is 11.2. The summed E-state index contributed by atoms with van der Waals surface area (Å²) in [5.74, 6) is 0.779. The maximum Gasteiger partial charge on any atom is 0.196 e. The van der Waals surface area contributed by atoms with E-state index in [0.717, 1.165) is 16.6 Å². The van der Waals surface area contributed by atoms with E-state index in [0.29, 0.717) is 33.7 Å². The Hall–Kier alpha value is -4.46. The van der Waals surface area contributed by atoms with Crippen LogP contribution >= 0.6 is 15.9 Å². The number of anilines is 2. The van der Waals surface area contributed by atoms with Gasteiger partial charge < -0.3 is 14.8 Å². The Kier molecular flexibility index (Phi) is 9.48. The van der Waals surface area contributed by atoms with Crippen LogP contribution in [0.1, 0.15) is 24.6 Å². The molecule has 1 aliphatic heterocycles. The topological polar surface area (TPSA) is 119 Å². The summed E-state index contributed by atoms with van der Waals surface area (Å²) in [4.78, 5) is 19.7. The first-order valence-corrected chi connectivity index (χ1v) is 17.3. The zero-order chi connectivity index (χ0) is 33.0. The van der Waals surface area contributed by atoms with Crippen LogP contribution in [0.4, 0.5) is 15.9 Å². The Morgan fingerprint density at radius 2 is 1.96 bits per heavy atom. The minimum atomic E-state index is -3.56. The highest BCUT2D eigenvalue weighted by atomic mass is 79.9. The molecule has 47 heavy (non-hydrogen) atoms. The number of halogens is 2. The zero-order valence-electron chi connectivity index (χ0n) is 25.7. The zero-order valence-corrected chi connectivity index (χ0v) is 28.1. The Morgan fingerprint density at radius 1 is 1.09 bits per heavy atom. The highest BCUT2D eigenvalue weighted by Crippen LogP contribution is 2.40. The molecule has 0 saturated carbocycles. The molecule has 0 fully saturated rings. The quantitative estimate of drug-likeness (QED) is 0.152. The van der Waals surface area contributed by atoms with Crippen molar-refractivity contribution in [1.29, 1.82) is 0 Å². The van der Waals surface area contributed by atoms with Gasteiger partial charge in [-0.25, -0.2) is 27.8 Å². The van der Waals surface area contributed by atoms with Gasteiger partial charge in [0.25, 0.3) is 0 Å². The summed E-state index contributed by atoms with van der Waals surface area (Å²) in [5, 5.41) is 4.18. The van der Waals surface area contributed by atoms with Gasteiger partial charge in [-0.2, -0.15) is 0 Å². The summed E-state index contributed by atoms with van der Waals surface area (Å²) in [5.41, 5.74) is 1.93. The minimum absolute atomic E-state index is 0.0591. The lowest BCUT2D eigenvalue weighted by Gasteiger charge is -2.39. The second-order valence-corrected chi connectivity index (χ2v) is 14.1. The summed E-state index contributed by atoms with van der Waals surface area (Å²) in [6, 6.07) is 18.4. The fraction of sp³-hybridized carbons (Fsp3) is 0.235. The Bertz CT molecular complexity index is 2020. The molecule has 0 radical (unpaired) electrons. The summed E-state index contributed by atoms with van der Waals surface area (Å²) in [6.45, 7) is 2.50. The Labute approximate surface area is 280 Å². The molecule has 2 atom stereocenters. The molecule has 4 heterocycles. The van der Waals surface area contributed by atoms with Gasteiger partial charge in [0.2, 0.25) is 0 Å². The molecule has 2 aromatic carbocycles. The van der Waals surface area contributed by atoms with E-state index in [2.05, 4.69) is 36.2 Å². The number of nitrogens with one attached hydrogen (secondary N) is 1. The van der Waals surface area contributed by atoms with Gasteiger partial charge in [0, 0.05) is 30.2 Å². The van der Waals surface area contributed by atoms with Crippen LogP contribution in [0.2, 0.25) is 0 Å². The van der Waals surface area contributed by atoms with E-state index in [1.54, 1.807) is 36.7 Å². The first-order chi connectivity index (χ1) is 22.6. The molecule has 6 rings (SSSR count). The molecule has 5 aromatic rings. The van der Waals surface area contributed by atoms with Crippen molar-refractivity contribution in [3.8, 4) is 5.75 Å². The molecule has 2 unspecified atom stereocenters. The molecule has 0 amide bonds. The van der Waals surface area contributed by atoms with E-state index < -0.39 is 15.4 Å². The number of likely N-dealkylation sites (N-methyl/N-ethyl adjacent to an activating group) is 1. The van der Waals surface area contributed by atoms with E-state index in [9.17, 15) is 12.8 Å². The van der Waals surface area contributed by atoms with E-state index >= 15 is 0 Å². The SMILES string of the molecule is CC(N(C)CCS(=O)(=O)c1ccccn1)C1(c2cc3c(Nc4ccc(OCc5cccc(F)c5)c(Br)c4)ncnc3cn2)CC=CO1. The van der Waals surface area contributed by atoms with Gasteiger partial charge in [-0.05, 0) is 90.1 Å². The number of hydrogen-bond acceptors (Lipinski definition) is 10. The first-order valence-electron chi connectivity index (χ1n) is 14.9. The van der Waals surface area contributed by atoms with Crippen molar-refractivity contribution in [3.05, 3.63) is 119 Å². The van der Waals surface area contributed by atoms with Gasteiger partial charge in [-0.3, -0.25) is 9.88 Å². The molecule has 1 N–H and O–H groups in total. The predicted molar refractivity (Wildman–Crippen MR) is 180 cm³/mol. The third-order valence-corrected chi connectivity index (χ3v) is 10.5. The lowest BCUT2D eigenvalue weighted by Crippen LogP contribution is -2.49. The number of fused-ring (bicyclic) bond motifs is 1. The standard InChI is InChI=1S/C34H32BrFN6O4S/c1-23(42(2)14-16-47(43,44)32-9-3-4-13-37-32)34(12-6-15-46-34)31-19-27-29(20-38-31)39-22-40-33(27)41-26-10-11-30(28(35)18-26)45-21-24-7-5-8-25(36)17-24/h3-11,13,15,17-20,22-23H,12,14,16,21H2,1-2H3,(H,39,40,41). The maximum absolute atomic E-state index is 13.6. The fourth-order valence-corrected chi connectivity index (χ4v) is 7.19. The number of benzene rings is 2. The molecule has 13 heteroatoms. The van der Waals surface area contributed by atoms with Crippen molar-refractivity contribution in [3.63, 3.8) is 0 Å². The maximum atomic E-state index is 13.6. The molecule has 242 valence electrons. The molecular formula is C34H32BrFN6O4S. The van der Waals surface area contributed by atoms with Crippen LogP contribution in [0.5, 0.6) is 5.75 Å². The molecule has 0 saturated heterocycles. The minimum Gasteiger partial charge on any atom is -0.488 e. The number of ether oxygens (including phenoxy) is 2. The lowest BCUT2D eigenvalue weighted by molar-refractivity contribution is -0.0340. The molecule has 0 spiro atoms. The summed E-state index contributed by atoms with van der Waals surface area (Å²) in [7, 11) is -1.68. The third kappa shape index (κ3) is 7.11. The van der Waals surface area contributed by atoms with Gasteiger partial charge in [0.15, 0.2) is 20.5 Å². The monoisotopic (exact) mass is 718 g/mol. The summed E-state index contributed by atoms with van der Waals surface area (Å²) in [6.07, 6.45) is 8.79. The number of aromatic nitrogens is 4. The molecule has 3 aromatic heterocycles. The van der Waals surface area contributed by atoms with Gasteiger partial charge in [-0.15, -0.1) is 0 Å². The van der Waals surface area contributed by atoms with Gasteiger partial charge in [0.1, 0.15) is 30.3 Å². The predicted octanol–water partition coefficient (Wildman–Crippen LogP) is 6.57. The third-order valence-electron chi connectivity index (χ3n) is 8.23. The summed E-state index contributed by atoms with van der Waals surface area (Å²) >= 11 is 3.58.